The minimum Gasteiger partial charge on any atom is -0.369 e. The molecule has 0 saturated carbocycles. The molecular formula is C12H14ClN4O4P. The highest BCUT2D eigenvalue weighted by Gasteiger charge is 2.29. The zero-order valence-corrected chi connectivity index (χ0v) is 12.9. The Morgan fingerprint density at radius 3 is 2.45 bits per heavy atom. The number of amidine groups is 1. The van der Waals surface area contributed by atoms with Crippen molar-refractivity contribution in [1.29, 1.82) is 0 Å². The van der Waals surface area contributed by atoms with Crippen LogP contribution in [0.5, 0.6) is 0 Å². The lowest BCUT2D eigenvalue weighted by Gasteiger charge is -2.20. The first-order chi connectivity index (χ1) is 10.2. The van der Waals surface area contributed by atoms with Crippen LogP contribution in [0, 0.1) is 0 Å². The molecule has 0 aliphatic carbocycles. The van der Waals surface area contributed by atoms with Crippen LogP contribution in [0.1, 0.15) is 11.6 Å². The third kappa shape index (κ3) is 4.66. The third-order valence-corrected chi connectivity index (χ3v) is 3.04. The number of phosphoric acid groups is 1. The first-order valence-corrected chi connectivity index (χ1v) is 8.08. The number of guanidine groups is 1. The fourth-order valence-corrected chi connectivity index (χ4v) is 2.21. The van der Waals surface area contributed by atoms with Crippen molar-refractivity contribution in [1.82, 2.24) is 4.90 Å². The minimum absolute atomic E-state index is 0.0961. The molecule has 0 bridgehead atoms. The van der Waals surface area contributed by atoms with Crippen molar-refractivity contribution in [3.8, 4) is 0 Å². The van der Waals surface area contributed by atoms with E-state index in [-0.39, 0.29) is 6.04 Å². The highest BCUT2D eigenvalue weighted by Crippen LogP contribution is 2.27. The van der Waals surface area contributed by atoms with E-state index in [2.05, 4.69) is 22.1 Å². The Kier molecular flexibility index (Phi) is 5.00. The molecule has 3 rings (SSSR count). The molecule has 22 heavy (non-hydrogen) atoms. The molecular weight excluding hydrogens is 331 g/mol. The van der Waals surface area contributed by atoms with Gasteiger partial charge in [0.2, 0.25) is 5.96 Å². The van der Waals surface area contributed by atoms with E-state index in [0.717, 1.165) is 12.4 Å². The van der Waals surface area contributed by atoms with Crippen LogP contribution in [0.25, 0.3) is 0 Å². The summed E-state index contributed by atoms with van der Waals surface area (Å²) < 4.78 is 8.88. The Morgan fingerprint density at radius 1 is 1.27 bits per heavy atom. The lowest BCUT2D eigenvalue weighted by atomic mass is 10.1. The second-order valence-electron chi connectivity index (χ2n) is 4.47. The summed E-state index contributed by atoms with van der Waals surface area (Å²) in [5.74, 6) is 1.20. The number of hydrogen-bond acceptors (Lipinski definition) is 5. The van der Waals surface area contributed by atoms with E-state index in [1.807, 2.05) is 23.1 Å². The number of aliphatic imine (C=N–C) groups is 2. The van der Waals surface area contributed by atoms with Crippen LogP contribution in [-0.2, 0) is 4.57 Å². The standard InChI is InChI=1S/C12H11ClN4.H3O4P/c13-10-6-11-15-9(7-17(11)12(14)16-10)8-4-2-1-3-5-8;1-5(2,3)4/h1-6,9H,7H2,(H2,14,16);(H3,1,2,3,4). The topological polar surface area (TPSA) is 132 Å². The molecule has 0 spiro atoms. The van der Waals surface area contributed by atoms with Crippen molar-refractivity contribution in [2.45, 2.75) is 6.04 Å². The van der Waals surface area contributed by atoms with Gasteiger partial charge < -0.3 is 20.4 Å². The molecule has 1 aromatic carbocycles. The molecule has 0 radical (unpaired) electrons. The van der Waals surface area contributed by atoms with E-state index in [1.54, 1.807) is 6.08 Å². The van der Waals surface area contributed by atoms with Crippen molar-refractivity contribution in [2.75, 3.05) is 6.54 Å². The van der Waals surface area contributed by atoms with Gasteiger partial charge in [-0.2, -0.15) is 0 Å². The normalized spacial score (nSPS) is 20.3. The van der Waals surface area contributed by atoms with Crippen molar-refractivity contribution in [3.63, 3.8) is 0 Å². The van der Waals surface area contributed by atoms with Gasteiger partial charge in [0, 0.05) is 6.08 Å². The quantitative estimate of drug-likeness (QED) is 0.442. The Morgan fingerprint density at radius 2 is 1.86 bits per heavy atom. The highest BCUT2D eigenvalue weighted by molar-refractivity contribution is 7.45. The van der Waals surface area contributed by atoms with Crippen LogP contribution >= 0.6 is 19.4 Å². The Hall–Kier alpha value is -1.70. The average Bonchev–Trinajstić information content (AvgIpc) is 2.82. The van der Waals surface area contributed by atoms with Crippen LogP contribution < -0.4 is 5.73 Å². The number of fused-ring (bicyclic) bond motifs is 1. The van der Waals surface area contributed by atoms with E-state index < -0.39 is 7.82 Å². The van der Waals surface area contributed by atoms with Gasteiger partial charge in [-0.05, 0) is 5.56 Å². The number of hydrogen-bond donors (Lipinski definition) is 4. The molecule has 0 saturated heterocycles. The predicted molar refractivity (Wildman–Crippen MR) is 83.1 cm³/mol. The molecule has 0 amide bonds. The maximum Gasteiger partial charge on any atom is 0.466 e. The smallest absolute Gasteiger partial charge is 0.369 e. The van der Waals surface area contributed by atoms with E-state index in [9.17, 15) is 0 Å². The van der Waals surface area contributed by atoms with Crippen LogP contribution in [0.3, 0.4) is 0 Å². The zero-order chi connectivity index (χ0) is 16.3. The molecule has 1 atom stereocenters. The maximum absolute atomic E-state index is 8.88. The number of nitrogens with zero attached hydrogens (tertiary/aromatic N) is 3. The van der Waals surface area contributed by atoms with Crippen LogP contribution in [-0.4, -0.2) is 37.9 Å². The largest absolute Gasteiger partial charge is 0.466 e. The molecule has 1 unspecified atom stereocenters. The average molecular weight is 345 g/mol. The second-order valence-corrected chi connectivity index (χ2v) is 5.89. The Labute approximate surface area is 131 Å². The summed E-state index contributed by atoms with van der Waals surface area (Å²) in [6, 6.07) is 10.2. The number of benzene rings is 1. The second kappa shape index (κ2) is 6.60. The minimum atomic E-state index is -4.64. The van der Waals surface area contributed by atoms with Gasteiger partial charge >= 0.3 is 7.82 Å². The molecule has 1 aromatic rings. The van der Waals surface area contributed by atoms with Gasteiger partial charge in [0.1, 0.15) is 11.0 Å². The van der Waals surface area contributed by atoms with E-state index in [1.165, 1.54) is 5.56 Å². The lowest BCUT2D eigenvalue weighted by molar-refractivity contribution is 0.275. The van der Waals surface area contributed by atoms with E-state index in [4.69, 9.17) is 36.6 Å². The van der Waals surface area contributed by atoms with E-state index in [0.29, 0.717) is 11.1 Å². The lowest BCUT2D eigenvalue weighted by Crippen LogP contribution is -2.41. The molecule has 10 heteroatoms. The fourth-order valence-electron chi connectivity index (χ4n) is 2.03. The molecule has 5 N–H and O–H groups in total. The summed E-state index contributed by atoms with van der Waals surface area (Å²) in [7, 11) is -4.64. The molecule has 0 aromatic heterocycles. The summed E-state index contributed by atoms with van der Waals surface area (Å²) in [6.07, 6.45) is 1.74. The maximum atomic E-state index is 8.88. The van der Waals surface area contributed by atoms with Crippen molar-refractivity contribution >= 4 is 31.2 Å². The molecule has 2 aliphatic rings. The SMILES string of the molecule is NC1=NC(Cl)=CC2=NC(c3ccccc3)CN12.O=P(O)(O)O. The number of rotatable bonds is 1. The van der Waals surface area contributed by atoms with Gasteiger partial charge in [0.05, 0.1) is 12.6 Å². The third-order valence-electron chi connectivity index (χ3n) is 2.85. The summed E-state index contributed by atoms with van der Waals surface area (Å²) in [5, 5.41) is 0.381. The molecule has 0 fully saturated rings. The highest BCUT2D eigenvalue weighted by atomic mass is 35.5. The molecule has 2 aliphatic heterocycles. The summed E-state index contributed by atoms with van der Waals surface area (Å²) in [6.45, 7) is 0.718. The zero-order valence-electron chi connectivity index (χ0n) is 11.2. The summed E-state index contributed by atoms with van der Waals surface area (Å²) >= 11 is 5.86. The molecule has 2 heterocycles. The van der Waals surface area contributed by atoms with Crippen molar-refractivity contribution < 1.29 is 19.2 Å². The number of nitrogens with two attached hydrogens (primary N) is 1. The Balaban J connectivity index is 0.000000309. The molecule has 118 valence electrons. The first kappa shape index (κ1) is 16.7. The Bertz CT molecular complexity index is 677. The fraction of sp³-hybridized carbons (Fsp3) is 0.167. The predicted octanol–water partition coefficient (Wildman–Crippen LogP) is 0.922. The number of halogens is 1. The van der Waals surface area contributed by atoms with Gasteiger partial charge in [0.15, 0.2) is 0 Å². The summed E-state index contributed by atoms with van der Waals surface area (Å²) in [5.41, 5.74) is 6.99. The van der Waals surface area contributed by atoms with Gasteiger partial charge in [-0.25, -0.2) is 9.56 Å². The van der Waals surface area contributed by atoms with Crippen molar-refractivity contribution in [2.24, 2.45) is 15.7 Å². The molecule has 8 nitrogen and oxygen atoms in total. The van der Waals surface area contributed by atoms with E-state index >= 15 is 0 Å². The first-order valence-electron chi connectivity index (χ1n) is 6.14. The van der Waals surface area contributed by atoms with Gasteiger partial charge in [-0.15, -0.1) is 0 Å². The van der Waals surface area contributed by atoms with Crippen LogP contribution in [0.2, 0.25) is 0 Å². The van der Waals surface area contributed by atoms with Gasteiger partial charge in [0.25, 0.3) is 0 Å². The summed E-state index contributed by atoms with van der Waals surface area (Å²) in [4.78, 5) is 32.1. The van der Waals surface area contributed by atoms with Gasteiger partial charge in [-0.3, -0.25) is 9.89 Å². The monoisotopic (exact) mass is 344 g/mol. The van der Waals surface area contributed by atoms with Crippen LogP contribution in [0.4, 0.5) is 0 Å². The van der Waals surface area contributed by atoms with Crippen molar-refractivity contribution in [3.05, 3.63) is 47.1 Å². The van der Waals surface area contributed by atoms with Gasteiger partial charge in [-0.1, -0.05) is 41.9 Å². The van der Waals surface area contributed by atoms with Crippen LogP contribution in [0.15, 0.2) is 51.5 Å².